The maximum Gasteiger partial charge on any atom is 0.165 e. The van der Waals surface area contributed by atoms with E-state index in [-0.39, 0.29) is 0 Å². The monoisotopic (exact) mass is 373 g/mol. The zero-order valence-electron chi connectivity index (χ0n) is 16.6. The van der Waals surface area contributed by atoms with E-state index < -0.39 is 0 Å². The van der Waals surface area contributed by atoms with E-state index in [2.05, 4.69) is 39.0 Å². The molecule has 4 rings (SSSR count). The molecular weight excluding hydrogens is 350 g/mol. The standard InChI is InChI=1S/C21H23N7/c1-5-15-8-9-17(23-11-15)13-27(3)20-18-14(2)26-28(4)21(18)25-19(24-20)16-7-6-10-22-12-16/h6-12H,5,13H2,1-4H3. The number of aryl methyl sites for hydroxylation is 3. The average molecular weight is 373 g/mol. The Morgan fingerprint density at radius 3 is 2.64 bits per heavy atom. The van der Waals surface area contributed by atoms with Crippen molar-refractivity contribution in [3.05, 3.63) is 59.8 Å². The molecule has 7 heteroatoms. The van der Waals surface area contributed by atoms with Gasteiger partial charge < -0.3 is 4.90 Å². The molecule has 0 atom stereocenters. The summed E-state index contributed by atoms with van der Waals surface area (Å²) < 4.78 is 1.80. The second-order valence-electron chi connectivity index (χ2n) is 6.89. The summed E-state index contributed by atoms with van der Waals surface area (Å²) in [5.74, 6) is 1.48. The number of hydrogen-bond acceptors (Lipinski definition) is 6. The van der Waals surface area contributed by atoms with Gasteiger partial charge in [-0.25, -0.2) is 9.97 Å². The first-order chi connectivity index (χ1) is 13.6. The van der Waals surface area contributed by atoms with Crippen molar-refractivity contribution in [3.8, 4) is 11.4 Å². The highest BCUT2D eigenvalue weighted by molar-refractivity contribution is 5.91. The molecule has 0 unspecified atom stereocenters. The Labute approximate surface area is 164 Å². The van der Waals surface area contributed by atoms with Crippen LogP contribution in [-0.2, 0) is 20.0 Å². The van der Waals surface area contributed by atoms with Crippen LogP contribution in [0.15, 0.2) is 42.9 Å². The summed E-state index contributed by atoms with van der Waals surface area (Å²) in [6.07, 6.45) is 6.45. The van der Waals surface area contributed by atoms with Crippen molar-refractivity contribution < 1.29 is 0 Å². The van der Waals surface area contributed by atoms with Crippen LogP contribution in [0.5, 0.6) is 0 Å². The highest BCUT2D eigenvalue weighted by Gasteiger charge is 2.19. The minimum Gasteiger partial charge on any atom is -0.353 e. The molecular formula is C21H23N7. The molecule has 0 aliphatic rings. The van der Waals surface area contributed by atoms with Gasteiger partial charge in [0.15, 0.2) is 11.5 Å². The van der Waals surface area contributed by atoms with Gasteiger partial charge in [-0.15, -0.1) is 0 Å². The van der Waals surface area contributed by atoms with E-state index in [1.165, 1.54) is 5.56 Å². The van der Waals surface area contributed by atoms with Crippen LogP contribution in [0.4, 0.5) is 5.82 Å². The lowest BCUT2D eigenvalue weighted by atomic mass is 10.2. The Morgan fingerprint density at radius 1 is 1.11 bits per heavy atom. The Morgan fingerprint density at radius 2 is 1.96 bits per heavy atom. The number of rotatable bonds is 5. The van der Waals surface area contributed by atoms with Crippen molar-refractivity contribution in [3.63, 3.8) is 0 Å². The summed E-state index contributed by atoms with van der Waals surface area (Å²) in [5, 5.41) is 5.51. The van der Waals surface area contributed by atoms with Gasteiger partial charge >= 0.3 is 0 Å². The molecule has 4 aromatic heterocycles. The Balaban J connectivity index is 1.79. The van der Waals surface area contributed by atoms with E-state index in [4.69, 9.17) is 9.97 Å². The van der Waals surface area contributed by atoms with Gasteiger partial charge in [0, 0.05) is 38.2 Å². The van der Waals surface area contributed by atoms with Crippen LogP contribution in [-0.4, -0.2) is 36.8 Å². The molecule has 0 saturated heterocycles. The lowest BCUT2D eigenvalue weighted by Crippen LogP contribution is -2.19. The van der Waals surface area contributed by atoms with Crippen molar-refractivity contribution >= 4 is 16.9 Å². The van der Waals surface area contributed by atoms with E-state index in [0.717, 1.165) is 40.2 Å². The predicted octanol–water partition coefficient (Wildman–Crippen LogP) is 3.33. The molecule has 0 aliphatic heterocycles. The van der Waals surface area contributed by atoms with Gasteiger partial charge in [0.1, 0.15) is 5.82 Å². The van der Waals surface area contributed by atoms with Gasteiger partial charge in [-0.05, 0) is 37.1 Å². The van der Waals surface area contributed by atoms with Crippen LogP contribution >= 0.6 is 0 Å². The van der Waals surface area contributed by atoms with E-state index in [1.54, 1.807) is 17.1 Å². The summed E-state index contributed by atoms with van der Waals surface area (Å²) in [5.41, 5.74) is 4.82. The number of fused-ring (bicyclic) bond motifs is 1. The van der Waals surface area contributed by atoms with Crippen LogP contribution in [0.25, 0.3) is 22.4 Å². The summed E-state index contributed by atoms with van der Waals surface area (Å²) >= 11 is 0. The Bertz CT molecular complexity index is 1100. The fourth-order valence-electron chi connectivity index (χ4n) is 3.29. The Hall–Kier alpha value is -3.35. The first kappa shape index (κ1) is 18.0. The van der Waals surface area contributed by atoms with Crippen molar-refractivity contribution in [1.82, 2.24) is 29.7 Å². The number of nitrogens with zero attached hydrogens (tertiary/aromatic N) is 7. The first-order valence-electron chi connectivity index (χ1n) is 9.33. The smallest absolute Gasteiger partial charge is 0.165 e. The normalized spacial score (nSPS) is 11.1. The molecule has 0 aliphatic carbocycles. The zero-order chi connectivity index (χ0) is 19.7. The molecule has 4 aromatic rings. The lowest BCUT2D eigenvalue weighted by molar-refractivity contribution is 0.773. The minimum atomic E-state index is 0.639. The molecule has 142 valence electrons. The first-order valence-corrected chi connectivity index (χ1v) is 9.33. The van der Waals surface area contributed by atoms with Gasteiger partial charge in [-0.2, -0.15) is 5.10 Å². The quantitative estimate of drug-likeness (QED) is 0.534. The third-order valence-electron chi connectivity index (χ3n) is 4.81. The van der Waals surface area contributed by atoms with E-state index in [9.17, 15) is 0 Å². The van der Waals surface area contributed by atoms with Crippen LogP contribution in [0.1, 0.15) is 23.9 Å². The van der Waals surface area contributed by atoms with Crippen molar-refractivity contribution in [2.24, 2.45) is 7.05 Å². The highest BCUT2D eigenvalue weighted by atomic mass is 15.3. The summed E-state index contributed by atoms with van der Waals surface area (Å²) in [6.45, 7) is 4.77. The SMILES string of the molecule is CCc1ccc(CN(C)c2nc(-c3cccnc3)nc3c2c(C)nn3C)nc1. The molecule has 0 amide bonds. The van der Waals surface area contributed by atoms with E-state index in [0.29, 0.717) is 12.4 Å². The number of hydrogen-bond donors (Lipinski definition) is 0. The summed E-state index contributed by atoms with van der Waals surface area (Å²) in [7, 11) is 3.93. The van der Waals surface area contributed by atoms with Crippen molar-refractivity contribution in [2.75, 3.05) is 11.9 Å². The molecule has 0 fully saturated rings. The third-order valence-corrected chi connectivity index (χ3v) is 4.81. The van der Waals surface area contributed by atoms with E-state index >= 15 is 0 Å². The summed E-state index contributed by atoms with van der Waals surface area (Å²) in [4.78, 5) is 20.5. The number of pyridine rings is 2. The van der Waals surface area contributed by atoms with Gasteiger partial charge in [0.05, 0.1) is 23.3 Å². The van der Waals surface area contributed by atoms with Crippen molar-refractivity contribution in [1.29, 1.82) is 0 Å². The van der Waals surface area contributed by atoms with Crippen LogP contribution in [0.2, 0.25) is 0 Å². The second kappa shape index (κ2) is 7.34. The molecule has 0 aromatic carbocycles. The third kappa shape index (κ3) is 3.31. The molecule has 0 N–H and O–H groups in total. The lowest BCUT2D eigenvalue weighted by Gasteiger charge is -2.19. The number of anilines is 1. The van der Waals surface area contributed by atoms with E-state index in [1.807, 2.05) is 39.3 Å². The molecule has 4 heterocycles. The van der Waals surface area contributed by atoms with Gasteiger partial charge in [0.2, 0.25) is 0 Å². The predicted molar refractivity (Wildman–Crippen MR) is 110 cm³/mol. The Kier molecular flexibility index (Phi) is 4.73. The zero-order valence-corrected chi connectivity index (χ0v) is 16.6. The molecule has 0 spiro atoms. The fraction of sp³-hybridized carbons (Fsp3) is 0.286. The number of aromatic nitrogens is 6. The van der Waals surface area contributed by atoms with Crippen molar-refractivity contribution in [2.45, 2.75) is 26.8 Å². The highest BCUT2D eigenvalue weighted by Crippen LogP contribution is 2.29. The maximum absolute atomic E-state index is 4.87. The van der Waals surface area contributed by atoms with Gasteiger partial charge in [-0.1, -0.05) is 13.0 Å². The minimum absolute atomic E-state index is 0.639. The van der Waals surface area contributed by atoms with Crippen LogP contribution in [0.3, 0.4) is 0 Å². The second-order valence-corrected chi connectivity index (χ2v) is 6.89. The van der Waals surface area contributed by atoms with Gasteiger partial charge in [-0.3, -0.25) is 14.6 Å². The fourth-order valence-corrected chi connectivity index (χ4v) is 3.29. The van der Waals surface area contributed by atoms with Gasteiger partial charge in [0.25, 0.3) is 0 Å². The average Bonchev–Trinajstić information content (AvgIpc) is 3.02. The molecule has 28 heavy (non-hydrogen) atoms. The maximum atomic E-state index is 4.87. The summed E-state index contributed by atoms with van der Waals surface area (Å²) in [6, 6.07) is 8.06. The molecule has 7 nitrogen and oxygen atoms in total. The topological polar surface area (TPSA) is 72.6 Å². The molecule has 0 bridgehead atoms. The molecule has 0 saturated carbocycles. The van der Waals surface area contributed by atoms with Crippen LogP contribution in [0, 0.1) is 6.92 Å². The molecule has 0 radical (unpaired) electrons. The van der Waals surface area contributed by atoms with Crippen LogP contribution < -0.4 is 4.90 Å². The largest absolute Gasteiger partial charge is 0.353 e.